The van der Waals surface area contributed by atoms with E-state index in [-0.39, 0.29) is 6.10 Å². The first-order valence-corrected chi connectivity index (χ1v) is 8.70. The minimum absolute atomic E-state index is 0.0500. The smallest absolute Gasteiger partial charge is 0.130 e. The number of methoxy groups -OCH3 is 1. The van der Waals surface area contributed by atoms with E-state index in [1.165, 1.54) is 25.7 Å². The molecule has 2 aliphatic rings. The average Bonchev–Trinajstić information content (AvgIpc) is 3.09. The number of anilines is 1. The summed E-state index contributed by atoms with van der Waals surface area (Å²) in [7, 11) is 1.70. The quantitative estimate of drug-likeness (QED) is 0.811. The highest BCUT2D eigenvalue weighted by atomic mass is 16.5. The average molecular weight is 320 g/mol. The number of aryl methyl sites for hydroxylation is 1. The van der Waals surface area contributed by atoms with Crippen LogP contribution in [0.2, 0.25) is 0 Å². The van der Waals surface area contributed by atoms with E-state index >= 15 is 0 Å². The van der Waals surface area contributed by atoms with Crippen molar-refractivity contribution in [1.82, 2.24) is 14.9 Å². The van der Waals surface area contributed by atoms with Crippen molar-refractivity contribution in [1.29, 1.82) is 0 Å². The molecule has 128 valence electrons. The van der Waals surface area contributed by atoms with Crippen LogP contribution < -0.4 is 5.32 Å². The van der Waals surface area contributed by atoms with Crippen LogP contribution in [0.1, 0.15) is 43.3 Å². The van der Waals surface area contributed by atoms with Crippen molar-refractivity contribution in [2.75, 3.05) is 45.3 Å². The molecule has 1 saturated heterocycles. The number of nitrogens with one attached hydrogen (secondary N) is 1. The first-order valence-electron chi connectivity index (χ1n) is 8.70. The maximum Gasteiger partial charge on any atom is 0.130 e. The highest BCUT2D eigenvalue weighted by Crippen LogP contribution is 2.29. The number of ether oxygens (including phenoxy) is 2. The van der Waals surface area contributed by atoms with Crippen molar-refractivity contribution in [3.8, 4) is 0 Å². The summed E-state index contributed by atoms with van der Waals surface area (Å²) in [5, 5.41) is 3.29. The van der Waals surface area contributed by atoms with Gasteiger partial charge in [-0.15, -0.1) is 0 Å². The molecule has 0 aromatic carbocycles. The summed E-state index contributed by atoms with van der Waals surface area (Å²) in [4.78, 5) is 11.7. The molecule has 0 radical (unpaired) electrons. The normalized spacial score (nSPS) is 23.3. The number of aromatic nitrogens is 2. The fourth-order valence-electron chi connectivity index (χ4n) is 3.58. The third-order valence-electron chi connectivity index (χ3n) is 4.74. The SMILES string of the molecule is COCCNc1cc([C@@H]2CN(C3CCCC3)CCO2)nc(C)n1. The molecule has 1 N–H and O–H groups in total. The predicted molar refractivity (Wildman–Crippen MR) is 89.7 cm³/mol. The largest absolute Gasteiger partial charge is 0.383 e. The molecule has 2 fully saturated rings. The monoisotopic (exact) mass is 320 g/mol. The fraction of sp³-hybridized carbons (Fsp3) is 0.765. The van der Waals surface area contributed by atoms with E-state index in [0.717, 1.165) is 49.6 Å². The first kappa shape index (κ1) is 16.6. The summed E-state index contributed by atoms with van der Waals surface area (Å²) in [5.74, 6) is 1.63. The standard InChI is InChI=1S/C17H28N4O2/c1-13-19-15(11-17(20-13)18-7-9-22-2)16-12-21(8-10-23-16)14-5-3-4-6-14/h11,14,16H,3-10,12H2,1-2H3,(H,18,19,20)/t16-/m0/s1. The molecular formula is C17H28N4O2. The van der Waals surface area contributed by atoms with E-state index in [9.17, 15) is 0 Å². The van der Waals surface area contributed by atoms with Crippen LogP contribution in [0.4, 0.5) is 5.82 Å². The molecule has 2 heterocycles. The van der Waals surface area contributed by atoms with Gasteiger partial charge >= 0.3 is 0 Å². The minimum atomic E-state index is 0.0500. The summed E-state index contributed by atoms with van der Waals surface area (Å²) < 4.78 is 11.1. The summed E-state index contributed by atoms with van der Waals surface area (Å²) in [5.41, 5.74) is 0.986. The lowest BCUT2D eigenvalue weighted by Crippen LogP contribution is -2.43. The van der Waals surface area contributed by atoms with Crippen molar-refractivity contribution in [2.45, 2.75) is 44.8 Å². The van der Waals surface area contributed by atoms with Gasteiger partial charge in [0.05, 0.1) is 18.9 Å². The van der Waals surface area contributed by atoms with Gasteiger partial charge < -0.3 is 14.8 Å². The van der Waals surface area contributed by atoms with Gasteiger partial charge in [-0.3, -0.25) is 4.90 Å². The van der Waals surface area contributed by atoms with Crippen LogP contribution in [-0.4, -0.2) is 60.9 Å². The Morgan fingerprint density at radius 3 is 2.96 bits per heavy atom. The maximum atomic E-state index is 6.01. The Morgan fingerprint density at radius 1 is 1.35 bits per heavy atom. The lowest BCUT2D eigenvalue weighted by atomic mass is 10.1. The topological polar surface area (TPSA) is 59.5 Å². The Balaban J connectivity index is 1.67. The zero-order valence-corrected chi connectivity index (χ0v) is 14.3. The Bertz CT molecular complexity index is 505. The van der Waals surface area contributed by atoms with Crippen molar-refractivity contribution in [2.24, 2.45) is 0 Å². The first-order chi connectivity index (χ1) is 11.3. The van der Waals surface area contributed by atoms with Crippen LogP contribution in [0, 0.1) is 6.92 Å². The molecule has 0 amide bonds. The van der Waals surface area contributed by atoms with E-state index in [4.69, 9.17) is 9.47 Å². The molecule has 23 heavy (non-hydrogen) atoms. The highest BCUT2D eigenvalue weighted by molar-refractivity contribution is 5.36. The molecule has 0 bridgehead atoms. The Labute approximate surface area is 138 Å². The highest BCUT2D eigenvalue weighted by Gasteiger charge is 2.30. The van der Waals surface area contributed by atoms with Gasteiger partial charge in [-0.05, 0) is 19.8 Å². The molecule has 3 rings (SSSR count). The fourth-order valence-corrected chi connectivity index (χ4v) is 3.58. The van der Waals surface area contributed by atoms with Gasteiger partial charge in [0.25, 0.3) is 0 Å². The third kappa shape index (κ3) is 4.40. The van der Waals surface area contributed by atoms with Gasteiger partial charge in [0.15, 0.2) is 0 Å². The van der Waals surface area contributed by atoms with Crippen LogP contribution >= 0.6 is 0 Å². The number of morpholine rings is 1. The molecule has 6 heteroatoms. The van der Waals surface area contributed by atoms with Gasteiger partial charge in [-0.2, -0.15) is 0 Å². The van der Waals surface area contributed by atoms with Gasteiger partial charge in [-0.25, -0.2) is 9.97 Å². The molecule has 6 nitrogen and oxygen atoms in total. The lowest BCUT2D eigenvalue weighted by Gasteiger charge is -2.36. The molecule has 1 aromatic heterocycles. The number of rotatable bonds is 6. The molecule has 0 unspecified atom stereocenters. The second kappa shape index (κ2) is 8.04. The van der Waals surface area contributed by atoms with Crippen molar-refractivity contribution >= 4 is 5.82 Å². The number of hydrogen-bond donors (Lipinski definition) is 1. The molecule has 1 saturated carbocycles. The van der Waals surface area contributed by atoms with E-state index in [1.807, 2.05) is 13.0 Å². The third-order valence-corrected chi connectivity index (χ3v) is 4.74. The Hall–Kier alpha value is -1.24. The van der Waals surface area contributed by atoms with Gasteiger partial charge in [0.2, 0.25) is 0 Å². The van der Waals surface area contributed by atoms with E-state index < -0.39 is 0 Å². The summed E-state index contributed by atoms with van der Waals surface area (Å²) in [6, 6.07) is 2.76. The van der Waals surface area contributed by atoms with Crippen molar-refractivity contribution < 1.29 is 9.47 Å². The second-order valence-electron chi connectivity index (χ2n) is 6.44. The van der Waals surface area contributed by atoms with Crippen molar-refractivity contribution in [3.05, 3.63) is 17.6 Å². The lowest BCUT2D eigenvalue weighted by molar-refractivity contribution is -0.0460. The summed E-state index contributed by atoms with van der Waals surface area (Å²) in [6.45, 7) is 6.11. The van der Waals surface area contributed by atoms with Crippen LogP contribution in [-0.2, 0) is 9.47 Å². The van der Waals surface area contributed by atoms with Gasteiger partial charge in [0.1, 0.15) is 17.7 Å². The van der Waals surface area contributed by atoms with Gasteiger partial charge in [0, 0.05) is 38.9 Å². The van der Waals surface area contributed by atoms with E-state index in [2.05, 4.69) is 20.2 Å². The van der Waals surface area contributed by atoms with Crippen molar-refractivity contribution in [3.63, 3.8) is 0 Å². The number of nitrogens with zero attached hydrogens (tertiary/aromatic N) is 3. The van der Waals surface area contributed by atoms with Gasteiger partial charge in [-0.1, -0.05) is 12.8 Å². The van der Waals surface area contributed by atoms with E-state index in [1.54, 1.807) is 7.11 Å². The molecule has 0 spiro atoms. The summed E-state index contributed by atoms with van der Waals surface area (Å²) >= 11 is 0. The van der Waals surface area contributed by atoms with Crippen LogP contribution in [0.3, 0.4) is 0 Å². The zero-order valence-electron chi connectivity index (χ0n) is 14.3. The van der Waals surface area contributed by atoms with Crippen LogP contribution in [0.25, 0.3) is 0 Å². The molecule has 1 aliphatic carbocycles. The van der Waals surface area contributed by atoms with Crippen LogP contribution in [0.15, 0.2) is 6.07 Å². The Kier molecular flexibility index (Phi) is 5.80. The summed E-state index contributed by atoms with van der Waals surface area (Å²) in [6.07, 6.45) is 5.45. The predicted octanol–water partition coefficient (Wildman–Crippen LogP) is 2.16. The molecular weight excluding hydrogens is 292 g/mol. The van der Waals surface area contributed by atoms with E-state index in [0.29, 0.717) is 6.61 Å². The molecule has 1 aliphatic heterocycles. The Morgan fingerprint density at radius 2 is 2.17 bits per heavy atom. The zero-order chi connectivity index (χ0) is 16.1. The molecule has 1 atom stereocenters. The van der Waals surface area contributed by atoms with Crippen LogP contribution in [0.5, 0.6) is 0 Å². The molecule has 1 aromatic rings. The number of hydrogen-bond acceptors (Lipinski definition) is 6. The minimum Gasteiger partial charge on any atom is -0.383 e. The maximum absolute atomic E-state index is 6.01. The second-order valence-corrected chi connectivity index (χ2v) is 6.44.